The van der Waals surface area contributed by atoms with E-state index in [0.29, 0.717) is 0 Å². The van der Waals surface area contributed by atoms with E-state index in [9.17, 15) is 0 Å². The van der Waals surface area contributed by atoms with Crippen molar-refractivity contribution in [3.8, 4) is 0 Å². The van der Waals surface area contributed by atoms with Crippen molar-refractivity contribution in [2.24, 2.45) is 0 Å². The van der Waals surface area contributed by atoms with Crippen LogP contribution in [0.25, 0.3) is 0 Å². The highest BCUT2D eigenvalue weighted by atomic mass is 35.5. The van der Waals surface area contributed by atoms with Gasteiger partial charge in [0.05, 0.1) is 12.3 Å². The number of rotatable bonds is 6. The van der Waals surface area contributed by atoms with Gasteiger partial charge in [-0.25, -0.2) is 0 Å². The molecule has 1 atom stereocenters. The minimum Gasteiger partial charge on any atom is -0.464 e. The topological polar surface area (TPSA) is 25.2 Å². The van der Waals surface area contributed by atoms with Gasteiger partial charge in [0.15, 0.2) is 0 Å². The zero-order chi connectivity index (χ0) is 13.7. The van der Waals surface area contributed by atoms with Crippen molar-refractivity contribution in [3.05, 3.63) is 58.5 Å². The van der Waals surface area contributed by atoms with Gasteiger partial charge in [0, 0.05) is 11.1 Å². The van der Waals surface area contributed by atoms with E-state index in [-0.39, 0.29) is 6.04 Å². The number of nitrogens with one attached hydrogen (secondary N) is 1. The summed E-state index contributed by atoms with van der Waals surface area (Å²) in [5, 5.41) is 4.21. The maximum absolute atomic E-state index is 6.00. The van der Waals surface area contributed by atoms with Gasteiger partial charge < -0.3 is 9.73 Å². The number of hydrogen-bond donors (Lipinski definition) is 1. The van der Waals surface area contributed by atoms with Crippen molar-refractivity contribution >= 4 is 23.4 Å². The molecule has 1 aromatic heterocycles. The molecular weight excluding hydrogens is 278 g/mol. The zero-order valence-corrected chi connectivity index (χ0v) is 12.7. The SMILES string of the molecule is CSCc1ccc(CN[C@H](C)c2cccc(Cl)c2)o1. The third kappa shape index (κ3) is 4.30. The standard InChI is InChI=1S/C15H18ClNOS/c1-11(12-4-3-5-13(16)8-12)17-9-14-6-7-15(18-14)10-19-2/h3-8,11,17H,9-10H2,1-2H3/t11-/m1/s1. The van der Waals surface area contributed by atoms with Crippen LogP contribution in [0.4, 0.5) is 0 Å². The molecule has 0 aliphatic rings. The smallest absolute Gasteiger partial charge is 0.118 e. The van der Waals surface area contributed by atoms with Gasteiger partial charge in [-0.3, -0.25) is 0 Å². The van der Waals surface area contributed by atoms with Crippen LogP contribution in [0.2, 0.25) is 5.02 Å². The molecule has 2 rings (SSSR count). The van der Waals surface area contributed by atoms with Gasteiger partial charge >= 0.3 is 0 Å². The lowest BCUT2D eigenvalue weighted by molar-refractivity contribution is 0.442. The van der Waals surface area contributed by atoms with Crippen LogP contribution in [-0.2, 0) is 12.3 Å². The fraction of sp³-hybridized carbons (Fsp3) is 0.333. The lowest BCUT2D eigenvalue weighted by Crippen LogP contribution is -2.17. The van der Waals surface area contributed by atoms with Crippen LogP contribution in [-0.4, -0.2) is 6.26 Å². The molecule has 0 aliphatic carbocycles. The highest BCUT2D eigenvalue weighted by Gasteiger charge is 2.07. The average Bonchev–Trinajstić information content (AvgIpc) is 2.84. The Morgan fingerprint density at radius 3 is 2.79 bits per heavy atom. The summed E-state index contributed by atoms with van der Waals surface area (Å²) >= 11 is 7.76. The first-order valence-electron chi connectivity index (χ1n) is 6.24. The Morgan fingerprint density at radius 2 is 2.05 bits per heavy atom. The quantitative estimate of drug-likeness (QED) is 0.840. The summed E-state index contributed by atoms with van der Waals surface area (Å²) in [5.41, 5.74) is 1.18. The van der Waals surface area contributed by atoms with Crippen LogP contribution >= 0.6 is 23.4 Å². The Bertz CT molecular complexity index is 526. The van der Waals surface area contributed by atoms with E-state index in [0.717, 1.165) is 28.8 Å². The molecule has 0 amide bonds. The number of benzene rings is 1. The molecule has 1 heterocycles. The third-order valence-corrected chi connectivity index (χ3v) is 3.74. The maximum Gasteiger partial charge on any atom is 0.118 e. The lowest BCUT2D eigenvalue weighted by Gasteiger charge is -2.13. The van der Waals surface area contributed by atoms with Gasteiger partial charge in [-0.1, -0.05) is 23.7 Å². The predicted molar refractivity (Wildman–Crippen MR) is 82.6 cm³/mol. The van der Waals surface area contributed by atoms with Crippen LogP contribution in [0.1, 0.15) is 30.0 Å². The summed E-state index contributed by atoms with van der Waals surface area (Å²) in [6.07, 6.45) is 2.07. The second-order valence-corrected chi connectivity index (χ2v) is 5.76. The first kappa shape index (κ1) is 14.5. The molecule has 0 saturated heterocycles. The van der Waals surface area contributed by atoms with E-state index in [2.05, 4.69) is 24.6 Å². The van der Waals surface area contributed by atoms with Crippen molar-refractivity contribution in [1.82, 2.24) is 5.32 Å². The number of furan rings is 1. The predicted octanol–water partition coefficient (Wildman–Crippen LogP) is 4.65. The fourth-order valence-corrected chi connectivity index (χ4v) is 2.52. The number of hydrogen-bond acceptors (Lipinski definition) is 3. The van der Waals surface area contributed by atoms with E-state index in [1.54, 1.807) is 11.8 Å². The Kier molecular flexibility index (Phi) is 5.37. The van der Waals surface area contributed by atoms with Crippen LogP contribution in [0.15, 0.2) is 40.8 Å². The van der Waals surface area contributed by atoms with Gasteiger partial charge in [0.1, 0.15) is 11.5 Å². The molecule has 19 heavy (non-hydrogen) atoms. The summed E-state index contributed by atoms with van der Waals surface area (Å²) in [5.74, 6) is 2.92. The first-order valence-corrected chi connectivity index (χ1v) is 8.01. The van der Waals surface area contributed by atoms with E-state index < -0.39 is 0 Å². The summed E-state index contributed by atoms with van der Waals surface area (Å²) in [6.45, 7) is 2.85. The van der Waals surface area contributed by atoms with E-state index in [1.807, 2.05) is 30.3 Å². The Morgan fingerprint density at radius 1 is 1.26 bits per heavy atom. The summed E-state index contributed by atoms with van der Waals surface area (Å²) in [7, 11) is 0. The van der Waals surface area contributed by atoms with Crippen molar-refractivity contribution in [1.29, 1.82) is 0 Å². The minimum atomic E-state index is 0.243. The monoisotopic (exact) mass is 295 g/mol. The summed E-state index contributed by atoms with van der Waals surface area (Å²) in [4.78, 5) is 0. The molecule has 102 valence electrons. The second kappa shape index (κ2) is 7.04. The maximum atomic E-state index is 6.00. The molecular formula is C15H18ClNOS. The van der Waals surface area contributed by atoms with Gasteiger partial charge in [0.2, 0.25) is 0 Å². The molecule has 0 saturated carbocycles. The third-order valence-electron chi connectivity index (χ3n) is 2.94. The second-order valence-electron chi connectivity index (χ2n) is 4.46. The van der Waals surface area contributed by atoms with Crippen molar-refractivity contribution in [2.75, 3.05) is 6.26 Å². The summed E-state index contributed by atoms with van der Waals surface area (Å²) < 4.78 is 5.72. The molecule has 1 aromatic carbocycles. The first-order chi connectivity index (χ1) is 9.19. The molecule has 2 nitrogen and oxygen atoms in total. The van der Waals surface area contributed by atoms with Crippen molar-refractivity contribution in [2.45, 2.75) is 25.3 Å². The molecule has 0 aliphatic heterocycles. The molecule has 0 bridgehead atoms. The highest BCUT2D eigenvalue weighted by Crippen LogP contribution is 2.18. The minimum absolute atomic E-state index is 0.243. The number of thioether (sulfide) groups is 1. The van der Waals surface area contributed by atoms with E-state index in [1.165, 1.54) is 5.56 Å². The molecule has 0 fully saturated rings. The van der Waals surface area contributed by atoms with Crippen LogP contribution in [0.5, 0.6) is 0 Å². The Balaban J connectivity index is 1.90. The zero-order valence-electron chi connectivity index (χ0n) is 11.2. The van der Waals surface area contributed by atoms with Gasteiger partial charge in [0.25, 0.3) is 0 Å². The van der Waals surface area contributed by atoms with Crippen LogP contribution in [0.3, 0.4) is 0 Å². The molecule has 4 heteroatoms. The van der Waals surface area contributed by atoms with Gasteiger partial charge in [-0.15, -0.1) is 0 Å². The lowest BCUT2D eigenvalue weighted by atomic mass is 10.1. The molecule has 0 radical (unpaired) electrons. The molecule has 1 N–H and O–H groups in total. The molecule has 0 unspecified atom stereocenters. The largest absolute Gasteiger partial charge is 0.464 e. The normalized spacial score (nSPS) is 12.6. The van der Waals surface area contributed by atoms with Gasteiger partial charge in [-0.05, 0) is 43.0 Å². The Labute approximate surface area is 123 Å². The molecule has 0 spiro atoms. The van der Waals surface area contributed by atoms with Crippen LogP contribution in [0, 0.1) is 0 Å². The number of halogens is 1. The highest BCUT2D eigenvalue weighted by molar-refractivity contribution is 7.97. The molecule has 2 aromatic rings. The average molecular weight is 296 g/mol. The van der Waals surface area contributed by atoms with E-state index >= 15 is 0 Å². The van der Waals surface area contributed by atoms with Gasteiger partial charge in [-0.2, -0.15) is 11.8 Å². The van der Waals surface area contributed by atoms with E-state index in [4.69, 9.17) is 16.0 Å². The van der Waals surface area contributed by atoms with Crippen molar-refractivity contribution in [3.63, 3.8) is 0 Å². The fourth-order valence-electron chi connectivity index (χ4n) is 1.88. The Hall–Kier alpha value is -0.900. The summed E-state index contributed by atoms with van der Waals surface area (Å²) in [6, 6.07) is 12.2. The van der Waals surface area contributed by atoms with Crippen LogP contribution < -0.4 is 5.32 Å². The van der Waals surface area contributed by atoms with Crippen molar-refractivity contribution < 1.29 is 4.42 Å².